The molecule has 0 aliphatic carbocycles. The van der Waals surface area contributed by atoms with Crippen molar-refractivity contribution in [2.24, 2.45) is 0 Å². The Morgan fingerprint density at radius 1 is 1.04 bits per heavy atom. The number of rotatable bonds is 8. The fourth-order valence-electron chi connectivity index (χ4n) is 3.01. The Balaban J connectivity index is 1.35. The van der Waals surface area contributed by atoms with E-state index in [-0.39, 0.29) is 5.91 Å². The second-order valence-electron chi connectivity index (χ2n) is 6.67. The summed E-state index contributed by atoms with van der Waals surface area (Å²) in [6, 6.07) is 15.9. The monoisotopic (exact) mass is 405 g/mol. The molecular weight excluding hydrogens is 380 g/mol. The lowest BCUT2D eigenvalue weighted by Crippen LogP contribution is -3.12. The Labute approximate surface area is 170 Å². The Morgan fingerprint density at radius 2 is 1.70 bits per heavy atom. The number of thioether (sulfide) groups is 1. The molecule has 0 saturated carbocycles. The third kappa shape index (κ3) is 6.85. The van der Waals surface area contributed by atoms with Gasteiger partial charge < -0.3 is 15.0 Å². The van der Waals surface area contributed by atoms with Gasteiger partial charge in [0.05, 0.1) is 13.2 Å². The molecule has 1 aliphatic heterocycles. The fraction of sp³-hybridized carbons (Fsp3) is 0.381. The first-order valence-corrected chi connectivity index (χ1v) is 10.8. The van der Waals surface area contributed by atoms with E-state index < -0.39 is 0 Å². The SMILES string of the molecule is O=C(NCCSCc1ccc(Cl)cc1)c1ccc(C[NH+]2CCOCC2)cc1. The number of nitrogens with one attached hydrogen (secondary N) is 2. The Hall–Kier alpha value is -1.53. The molecular formula is C21H26ClN2O2S+. The minimum absolute atomic E-state index is 0.00707. The van der Waals surface area contributed by atoms with Crippen molar-refractivity contribution in [1.29, 1.82) is 0 Å². The predicted octanol–water partition coefficient (Wildman–Crippen LogP) is 2.42. The third-order valence-electron chi connectivity index (χ3n) is 4.58. The highest BCUT2D eigenvalue weighted by molar-refractivity contribution is 7.98. The first-order chi connectivity index (χ1) is 13.2. The summed E-state index contributed by atoms with van der Waals surface area (Å²) in [4.78, 5) is 13.8. The summed E-state index contributed by atoms with van der Waals surface area (Å²) in [5.41, 5.74) is 3.23. The number of carbonyl (C=O) groups excluding carboxylic acids is 1. The molecule has 1 fully saturated rings. The molecule has 0 bridgehead atoms. The molecule has 144 valence electrons. The highest BCUT2D eigenvalue weighted by atomic mass is 35.5. The summed E-state index contributed by atoms with van der Waals surface area (Å²) >= 11 is 7.69. The standard InChI is InChI=1S/C21H25ClN2O2S/c22-20-7-3-18(4-8-20)16-27-14-9-23-21(25)19-5-1-17(2-6-19)15-24-10-12-26-13-11-24/h1-8H,9-16H2,(H,23,25)/p+1. The van der Waals surface area contributed by atoms with Gasteiger partial charge in [-0.1, -0.05) is 35.9 Å². The average Bonchev–Trinajstić information content (AvgIpc) is 2.70. The van der Waals surface area contributed by atoms with Crippen molar-refractivity contribution in [2.75, 3.05) is 38.6 Å². The van der Waals surface area contributed by atoms with E-state index in [0.29, 0.717) is 6.54 Å². The largest absolute Gasteiger partial charge is 0.370 e. The van der Waals surface area contributed by atoms with Crippen LogP contribution in [-0.4, -0.2) is 44.5 Å². The van der Waals surface area contributed by atoms with E-state index in [1.165, 1.54) is 16.0 Å². The molecule has 3 rings (SSSR count). The normalized spacial score (nSPS) is 14.9. The van der Waals surface area contributed by atoms with Crippen LogP contribution in [0.3, 0.4) is 0 Å². The van der Waals surface area contributed by atoms with Crippen LogP contribution < -0.4 is 10.2 Å². The molecule has 0 radical (unpaired) electrons. The Bertz CT molecular complexity index is 716. The van der Waals surface area contributed by atoms with Crippen molar-refractivity contribution in [3.63, 3.8) is 0 Å². The van der Waals surface area contributed by atoms with Gasteiger partial charge in [-0.2, -0.15) is 11.8 Å². The van der Waals surface area contributed by atoms with Gasteiger partial charge in [-0.3, -0.25) is 4.79 Å². The van der Waals surface area contributed by atoms with E-state index in [2.05, 4.69) is 17.4 Å². The zero-order chi connectivity index (χ0) is 18.9. The summed E-state index contributed by atoms with van der Waals surface area (Å²) in [6.45, 7) is 5.44. The molecule has 0 spiro atoms. The molecule has 27 heavy (non-hydrogen) atoms. The molecule has 4 nitrogen and oxygen atoms in total. The summed E-state index contributed by atoms with van der Waals surface area (Å²) in [5, 5.41) is 3.75. The van der Waals surface area contributed by atoms with E-state index in [9.17, 15) is 4.79 Å². The van der Waals surface area contributed by atoms with Gasteiger partial charge >= 0.3 is 0 Å². The first-order valence-electron chi connectivity index (χ1n) is 9.31. The molecule has 2 N–H and O–H groups in total. The smallest absolute Gasteiger partial charge is 0.251 e. The van der Waals surface area contributed by atoms with E-state index in [4.69, 9.17) is 16.3 Å². The van der Waals surface area contributed by atoms with Crippen LogP contribution in [0.25, 0.3) is 0 Å². The number of carbonyl (C=O) groups is 1. The maximum absolute atomic E-state index is 12.3. The molecule has 0 atom stereocenters. The lowest BCUT2D eigenvalue weighted by atomic mass is 10.1. The highest BCUT2D eigenvalue weighted by Crippen LogP contribution is 2.15. The average molecular weight is 406 g/mol. The van der Waals surface area contributed by atoms with Gasteiger partial charge in [0, 0.05) is 34.2 Å². The molecule has 1 saturated heterocycles. The predicted molar refractivity (Wildman–Crippen MR) is 112 cm³/mol. The molecule has 1 amide bonds. The zero-order valence-electron chi connectivity index (χ0n) is 15.4. The quantitative estimate of drug-likeness (QED) is 0.663. The lowest BCUT2D eigenvalue weighted by molar-refractivity contribution is -0.921. The van der Waals surface area contributed by atoms with Crippen LogP contribution >= 0.6 is 23.4 Å². The molecule has 1 aliphatic rings. The fourth-order valence-corrected chi connectivity index (χ4v) is 3.95. The molecule has 2 aromatic rings. The first kappa shape index (κ1) is 20.2. The maximum atomic E-state index is 12.3. The van der Waals surface area contributed by atoms with Crippen LogP contribution in [0.15, 0.2) is 48.5 Å². The number of quaternary nitrogens is 1. The minimum Gasteiger partial charge on any atom is -0.370 e. The van der Waals surface area contributed by atoms with Crippen molar-refractivity contribution in [1.82, 2.24) is 5.32 Å². The second kappa shape index (κ2) is 10.7. The van der Waals surface area contributed by atoms with Gasteiger partial charge in [-0.05, 0) is 29.8 Å². The van der Waals surface area contributed by atoms with Gasteiger partial charge in [-0.25, -0.2) is 0 Å². The molecule has 1 heterocycles. The Morgan fingerprint density at radius 3 is 2.41 bits per heavy atom. The number of halogens is 1. The van der Waals surface area contributed by atoms with Crippen molar-refractivity contribution in [3.8, 4) is 0 Å². The lowest BCUT2D eigenvalue weighted by Gasteiger charge is -2.23. The van der Waals surface area contributed by atoms with Gasteiger partial charge in [0.25, 0.3) is 5.91 Å². The maximum Gasteiger partial charge on any atom is 0.251 e. The molecule has 6 heteroatoms. The van der Waals surface area contributed by atoms with Crippen LogP contribution in [-0.2, 0) is 17.0 Å². The van der Waals surface area contributed by atoms with Gasteiger partial charge in [0.1, 0.15) is 19.6 Å². The summed E-state index contributed by atoms with van der Waals surface area (Å²) in [5.74, 6) is 1.80. The zero-order valence-corrected chi connectivity index (χ0v) is 17.0. The van der Waals surface area contributed by atoms with E-state index in [1.54, 1.807) is 11.8 Å². The van der Waals surface area contributed by atoms with Crippen LogP contribution in [0.4, 0.5) is 0 Å². The number of morpholine rings is 1. The van der Waals surface area contributed by atoms with Crippen LogP contribution in [0.2, 0.25) is 5.02 Å². The third-order valence-corrected chi connectivity index (χ3v) is 5.87. The Kier molecular flexibility index (Phi) is 8.02. The van der Waals surface area contributed by atoms with Crippen LogP contribution in [0, 0.1) is 0 Å². The van der Waals surface area contributed by atoms with E-state index in [0.717, 1.165) is 54.9 Å². The van der Waals surface area contributed by atoms with Crippen molar-refractivity contribution < 1.29 is 14.4 Å². The topological polar surface area (TPSA) is 42.8 Å². The van der Waals surface area contributed by atoms with Crippen LogP contribution in [0.5, 0.6) is 0 Å². The number of hydrogen-bond donors (Lipinski definition) is 2. The summed E-state index contributed by atoms with van der Waals surface area (Å²) in [7, 11) is 0. The van der Waals surface area contributed by atoms with Crippen molar-refractivity contribution >= 4 is 29.3 Å². The summed E-state index contributed by atoms with van der Waals surface area (Å²) < 4.78 is 5.39. The second-order valence-corrected chi connectivity index (χ2v) is 8.21. The number of amides is 1. The van der Waals surface area contributed by atoms with Crippen molar-refractivity contribution in [3.05, 3.63) is 70.2 Å². The summed E-state index contributed by atoms with van der Waals surface area (Å²) in [6.07, 6.45) is 0. The van der Waals surface area contributed by atoms with Gasteiger partial charge in [-0.15, -0.1) is 0 Å². The van der Waals surface area contributed by atoms with E-state index in [1.807, 2.05) is 36.4 Å². The van der Waals surface area contributed by atoms with Crippen molar-refractivity contribution in [2.45, 2.75) is 12.3 Å². The molecule has 0 unspecified atom stereocenters. The minimum atomic E-state index is -0.00707. The number of hydrogen-bond acceptors (Lipinski definition) is 3. The number of benzene rings is 2. The van der Waals surface area contributed by atoms with E-state index >= 15 is 0 Å². The van der Waals surface area contributed by atoms with Crippen LogP contribution in [0.1, 0.15) is 21.5 Å². The molecule has 0 aromatic heterocycles. The number of ether oxygens (including phenoxy) is 1. The molecule has 2 aromatic carbocycles. The van der Waals surface area contributed by atoms with Gasteiger partial charge in [0.2, 0.25) is 0 Å². The van der Waals surface area contributed by atoms with Gasteiger partial charge in [0.15, 0.2) is 0 Å². The highest BCUT2D eigenvalue weighted by Gasteiger charge is 2.14.